The van der Waals surface area contributed by atoms with E-state index in [0.29, 0.717) is 12.3 Å². The van der Waals surface area contributed by atoms with Gasteiger partial charge in [0.05, 0.1) is 5.69 Å². The Morgan fingerprint density at radius 1 is 1.29 bits per heavy atom. The lowest BCUT2D eigenvalue weighted by Gasteiger charge is -2.03. The van der Waals surface area contributed by atoms with Crippen LogP contribution in [0.5, 0.6) is 0 Å². The molecular formula is C13H13N3O. The molecule has 0 saturated heterocycles. The molecule has 0 radical (unpaired) electrons. The van der Waals surface area contributed by atoms with E-state index in [1.165, 1.54) is 0 Å². The lowest BCUT2D eigenvalue weighted by atomic mass is 10.2. The Labute approximate surface area is 98.8 Å². The third kappa shape index (κ3) is 2.41. The van der Waals surface area contributed by atoms with Gasteiger partial charge in [-0.25, -0.2) is 4.98 Å². The number of aromatic nitrogens is 3. The summed E-state index contributed by atoms with van der Waals surface area (Å²) in [4.78, 5) is 22.8. The van der Waals surface area contributed by atoms with E-state index in [1.54, 1.807) is 18.5 Å². The molecule has 0 amide bonds. The van der Waals surface area contributed by atoms with Crippen molar-refractivity contribution in [1.29, 1.82) is 0 Å². The van der Waals surface area contributed by atoms with Gasteiger partial charge in [0.2, 0.25) is 0 Å². The molecule has 1 N–H and O–H groups in total. The highest BCUT2D eigenvalue weighted by Crippen LogP contribution is 2.38. The Balaban J connectivity index is 1.90. The van der Waals surface area contributed by atoms with Gasteiger partial charge in [-0.15, -0.1) is 0 Å². The van der Waals surface area contributed by atoms with Crippen LogP contribution < -0.4 is 5.56 Å². The summed E-state index contributed by atoms with van der Waals surface area (Å²) < 4.78 is 0. The van der Waals surface area contributed by atoms with E-state index in [-0.39, 0.29) is 5.56 Å². The van der Waals surface area contributed by atoms with Gasteiger partial charge in [0.15, 0.2) is 0 Å². The van der Waals surface area contributed by atoms with Crippen LogP contribution in [0.2, 0.25) is 0 Å². The average Bonchev–Trinajstić information content (AvgIpc) is 3.13. The molecule has 4 nitrogen and oxygen atoms in total. The van der Waals surface area contributed by atoms with E-state index in [2.05, 4.69) is 15.0 Å². The molecule has 3 rings (SSSR count). The lowest BCUT2D eigenvalue weighted by Crippen LogP contribution is -2.12. The fourth-order valence-corrected chi connectivity index (χ4v) is 1.89. The van der Waals surface area contributed by atoms with Gasteiger partial charge in [-0.05, 0) is 30.5 Å². The van der Waals surface area contributed by atoms with Crippen LogP contribution in [0.25, 0.3) is 0 Å². The van der Waals surface area contributed by atoms with Gasteiger partial charge < -0.3 is 4.98 Å². The number of hydrogen-bond donors (Lipinski definition) is 1. The molecule has 1 saturated carbocycles. The summed E-state index contributed by atoms with van der Waals surface area (Å²) in [5.41, 5.74) is 2.00. The van der Waals surface area contributed by atoms with Gasteiger partial charge >= 0.3 is 0 Å². The lowest BCUT2D eigenvalue weighted by molar-refractivity contribution is 0.881. The van der Waals surface area contributed by atoms with Crippen LogP contribution in [0.4, 0.5) is 0 Å². The van der Waals surface area contributed by atoms with Crippen molar-refractivity contribution in [3.63, 3.8) is 0 Å². The summed E-state index contributed by atoms with van der Waals surface area (Å²) in [5.74, 6) is 1.25. The second kappa shape index (κ2) is 4.13. The molecule has 17 heavy (non-hydrogen) atoms. The highest BCUT2D eigenvalue weighted by atomic mass is 16.1. The number of pyridine rings is 1. The van der Waals surface area contributed by atoms with Gasteiger partial charge in [0, 0.05) is 30.8 Å². The zero-order valence-corrected chi connectivity index (χ0v) is 9.39. The molecule has 4 heteroatoms. The van der Waals surface area contributed by atoms with Gasteiger partial charge in [-0.1, -0.05) is 0 Å². The second-order valence-corrected chi connectivity index (χ2v) is 4.42. The van der Waals surface area contributed by atoms with E-state index in [9.17, 15) is 4.79 Å². The maximum absolute atomic E-state index is 11.5. The summed E-state index contributed by atoms with van der Waals surface area (Å²) in [6, 6.07) is 5.49. The summed E-state index contributed by atoms with van der Waals surface area (Å²) in [5, 5.41) is 0. The van der Waals surface area contributed by atoms with Crippen molar-refractivity contribution in [3.8, 4) is 0 Å². The predicted molar refractivity (Wildman–Crippen MR) is 63.9 cm³/mol. The Hall–Kier alpha value is -1.97. The van der Waals surface area contributed by atoms with Crippen molar-refractivity contribution < 1.29 is 0 Å². The molecule has 0 bridgehead atoms. The second-order valence-electron chi connectivity index (χ2n) is 4.42. The number of hydrogen-bond acceptors (Lipinski definition) is 3. The van der Waals surface area contributed by atoms with E-state index in [1.807, 2.05) is 12.1 Å². The fourth-order valence-electron chi connectivity index (χ4n) is 1.89. The first kappa shape index (κ1) is 10.2. The van der Waals surface area contributed by atoms with Gasteiger partial charge in [0.25, 0.3) is 5.56 Å². The van der Waals surface area contributed by atoms with Crippen LogP contribution >= 0.6 is 0 Å². The molecule has 0 aromatic carbocycles. The molecule has 1 aliphatic carbocycles. The Kier molecular flexibility index (Phi) is 2.48. The first-order chi connectivity index (χ1) is 8.31. The van der Waals surface area contributed by atoms with E-state index < -0.39 is 0 Å². The number of nitrogens with zero attached hydrogens (tertiary/aromatic N) is 2. The molecular weight excluding hydrogens is 214 g/mol. The summed E-state index contributed by atoms with van der Waals surface area (Å²) in [6.45, 7) is 0. The van der Waals surface area contributed by atoms with Gasteiger partial charge in [-0.3, -0.25) is 9.78 Å². The number of H-pyrrole nitrogens is 1. The molecule has 0 atom stereocenters. The molecule has 2 heterocycles. The monoisotopic (exact) mass is 227 g/mol. The van der Waals surface area contributed by atoms with Crippen molar-refractivity contribution in [2.24, 2.45) is 0 Å². The normalized spacial score (nSPS) is 14.8. The fraction of sp³-hybridized carbons (Fsp3) is 0.308. The number of nitrogens with one attached hydrogen (secondary N) is 1. The van der Waals surface area contributed by atoms with E-state index in [0.717, 1.165) is 29.9 Å². The molecule has 86 valence electrons. The highest BCUT2D eigenvalue weighted by Gasteiger charge is 2.25. The third-order valence-electron chi connectivity index (χ3n) is 2.93. The predicted octanol–water partition coefficient (Wildman–Crippen LogP) is 1.63. The van der Waals surface area contributed by atoms with Gasteiger partial charge in [0.1, 0.15) is 5.82 Å². The van der Waals surface area contributed by atoms with Crippen LogP contribution in [0.1, 0.15) is 35.8 Å². The SMILES string of the molecule is O=c1cc(C2CC2)nc(Cc2ccncc2)[nH]1. The van der Waals surface area contributed by atoms with Crippen LogP contribution in [-0.4, -0.2) is 15.0 Å². The Bertz CT molecular complexity index is 573. The smallest absolute Gasteiger partial charge is 0.251 e. The molecule has 1 fully saturated rings. The maximum atomic E-state index is 11.5. The van der Waals surface area contributed by atoms with Crippen molar-refractivity contribution in [2.75, 3.05) is 0 Å². The zero-order valence-electron chi connectivity index (χ0n) is 9.39. The summed E-state index contributed by atoms with van der Waals surface area (Å²) in [6.07, 6.45) is 6.46. The highest BCUT2D eigenvalue weighted by molar-refractivity contribution is 5.19. The van der Waals surface area contributed by atoms with Crippen molar-refractivity contribution in [2.45, 2.75) is 25.2 Å². The molecule has 1 aliphatic rings. The molecule has 2 aromatic heterocycles. The quantitative estimate of drug-likeness (QED) is 0.867. The summed E-state index contributed by atoms with van der Waals surface area (Å²) in [7, 11) is 0. The van der Waals surface area contributed by atoms with Crippen molar-refractivity contribution in [1.82, 2.24) is 15.0 Å². The van der Waals surface area contributed by atoms with Crippen molar-refractivity contribution >= 4 is 0 Å². The van der Waals surface area contributed by atoms with Crippen LogP contribution in [-0.2, 0) is 6.42 Å². The van der Waals surface area contributed by atoms with Crippen LogP contribution in [0.15, 0.2) is 35.4 Å². The minimum absolute atomic E-state index is 0.0500. The topological polar surface area (TPSA) is 58.6 Å². The number of rotatable bonds is 3. The third-order valence-corrected chi connectivity index (χ3v) is 2.93. The van der Waals surface area contributed by atoms with E-state index in [4.69, 9.17) is 0 Å². The summed E-state index contributed by atoms with van der Waals surface area (Å²) >= 11 is 0. The minimum Gasteiger partial charge on any atom is -0.310 e. The van der Waals surface area contributed by atoms with Crippen LogP contribution in [0, 0.1) is 0 Å². The number of aromatic amines is 1. The average molecular weight is 227 g/mol. The molecule has 0 spiro atoms. The van der Waals surface area contributed by atoms with Crippen molar-refractivity contribution in [3.05, 3.63) is 58.0 Å². The Morgan fingerprint density at radius 3 is 2.76 bits per heavy atom. The maximum Gasteiger partial charge on any atom is 0.251 e. The van der Waals surface area contributed by atoms with E-state index >= 15 is 0 Å². The Morgan fingerprint density at radius 2 is 2.06 bits per heavy atom. The molecule has 0 unspecified atom stereocenters. The van der Waals surface area contributed by atoms with Crippen LogP contribution in [0.3, 0.4) is 0 Å². The standard InChI is InChI=1S/C13H13N3O/c17-13-8-11(10-1-2-10)15-12(16-13)7-9-3-5-14-6-4-9/h3-6,8,10H,1-2,7H2,(H,15,16,17). The van der Waals surface area contributed by atoms with Gasteiger partial charge in [-0.2, -0.15) is 0 Å². The zero-order chi connectivity index (χ0) is 11.7. The molecule has 0 aliphatic heterocycles. The molecule has 2 aromatic rings. The first-order valence-electron chi connectivity index (χ1n) is 5.80. The minimum atomic E-state index is -0.0500. The largest absolute Gasteiger partial charge is 0.310 e. The first-order valence-corrected chi connectivity index (χ1v) is 5.80.